The van der Waals surface area contributed by atoms with Crippen LogP contribution in [0.2, 0.25) is 5.02 Å². The van der Waals surface area contributed by atoms with E-state index < -0.39 is 17.6 Å². The maximum absolute atomic E-state index is 13.4. The van der Waals surface area contributed by atoms with Crippen molar-refractivity contribution in [3.8, 4) is 17.2 Å². The first-order valence-corrected chi connectivity index (χ1v) is 9.48. The van der Waals surface area contributed by atoms with Crippen LogP contribution in [0.15, 0.2) is 54.6 Å². The van der Waals surface area contributed by atoms with Gasteiger partial charge in [-0.2, -0.15) is 0 Å². The Hall–Kier alpha value is -3.78. The van der Waals surface area contributed by atoms with E-state index in [0.29, 0.717) is 28.6 Å². The molecular weight excluding hydrogens is 427 g/mol. The van der Waals surface area contributed by atoms with Gasteiger partial charge in [-0.05, 0) is 48.5 Å². The first kappa shape index (κ1) is 20.5. The Bertz CT molecular complexity index is 1180. The van der Waals surface area contributed by atoms with Gasteiger partial charge >= 0.3 is 0 Å². The maximum Gasteiger partial charge on any atom is 0.255 e. The Balaban J connectivity index is 1.55. The smallest absolute Gasteiger partial charge is 0.255 e. The minimum absolute atomic E-state index is 0.0347. The molecule has 0 bridgehead atoms. The van der Waals surface area contributed by atoms with Crippen LogP contribution in [-0.2, 0) is 0 Å². The second-order valence-corrected chi connectivity index (χ2v) is 6.93. The second-order valence-electron chi connectivity index (χ2n) is 6.53. The first-order valence-electron chi connectivity index (χ1n) is 9.10. The molecule has 0 aromatic heterocycles. The molecule has 4 rings (SSSR count). The Morgan fingerprint density at radius 2 is 1.81 bits per heavy atom. The van der Waals surface area contributed by atoms with Crippen molar-refractivity contribution in [1.82, 2.24) is 0 Å². The molecule has 1 aliphatic heterocycles. The number of rotatable bonds is 5. The van der Waals surface area contributed by atoms with Gasteiger partial charge in [0.05, 0.1) is 17.8 Å². The minimum atomic E-state index is -0.525. The van der Waals surface area contributed by atoms with Crippen LogP contribution in [0.25, 0.3) is 0 Å². The number of methoxy groups -OCH3 is 1. The van der Waals surface area contributed by atoms with E-state index in [1.807, 2.05) is 0 Å². The molecule has 0 saturated carbocycles. The number of amides is 2. The van der Waals surface area contributed by atoms with E-state index in [0.717, 1.165) is 6.07 Å². The Morgan fingerprint density at radius 3 is 2.58 bits per heavy atom. The highest BCUT2D eigenvalue weighted by atomic mass is 35.5. The molecule has 9 heteroatoms. The Morgan fingerprint density at radius 1 is 1.00 bits per heavy atom. The number of anilines is 2. The third-order valence-corrected chi connectivity index (χ3v) is 4.76. The predicted molar refractivity (Wildman–Crippen MR) is 113 cm³/mol. The number of ether oxygens (including phenoxy) is 3. The van der Waals surface area contributed by atoms with Crippen LogP contribution in [0.4, 0.5) is 15.8 Å². The highest BCUT2D eigenvalue weighted by Gasteiger charge is 2.21. The standard InChI is InChI=1S/C22H16ClFN2O5/c1-29-18-6-5-15(10-17(18)26-21(27)12-3-2-4-14(24)7-12)25-22(28)13-8-16(23)20-19(9-13)30-11-31-20/h2-10H,11H2,1H3,(H,25,28)(H,26,27). The van der Waals surface area contributed by atoms with Gasteiger partial charge in [0.1, 0.15) is 11.6 Å². The summed E-state index contributed by atoms with van der Waals surface area (Å²) in [6, 6.07) is 13.0. The summed E-state index contributed by atoms with van der Waals surface area (Å²) >= 11 is 6.14. The summed E-state index contributed by atoms with van der Waals surface area (Å²) in [7, 11) is 1.44. The van der Waals surface area contributed by atoms with Gasteiger partial charge < -0.3 is 24.8 Å². The Kier molecular flexibility index (Phi) is 5.64. The monoisotopic (exact) mass is 442 g/mol. The summed E-state index contributed by atoms with van der Waals surface area (Å²) in [5.74, 6) is -0.339. The zero-order valence-corrected chi connectivity index (χ0v) is 17.0. The van der Waals surface area contributed by atoms with Crippen molar-refractivity contribution in [3.05, 3.63) is 76.6 Å². The van der Waals surface area contributed by atoms with Gasteiger partial charge in [0.25, 0.3) is 11.8 Å². The fourth-order valence-electron chi connectivity index (χ4n) is 3.01. The SMILES string of the molecule is COc1ccc(NC(=O)c2cc(Cl)c3c(c2)OCO3)cc1NC(=O)c1cccc(F)c1. The van der Waals surface area contributed by atoms with Crippen molar-refractivity contribution in [3.63, 3.8) is 0 Å². The fraction of sp³-hybridized carbons (Fsp3) is 0.0909. The topological polar surface area (TPSA) is 85.9 Å². The number of halogens is 2. The summed E-state index contributed by atoms with van der Waals surface area (Å²) in [5.41, 5.74) is 1.12. The average molecular weight is 443 g/mol. The first-order chi connectivity index (χ1) is 14.9. The van der Waals surface area contributed by atoms with Gasteiger partial charge in [0.2, 0.25) is 6.79 Å². The van der Waals surface area contributed by atoms with Crippen molar-refractivity contribution in [2.24, 2.45) is 0 Å². The lowest BCUT2D eigenvalue weighted by atomic mass is 10.1. The summed E-state index contributed by atoms with van der Waals surface area (Å²) < 4.78 is 29.2. The molecular formula is C22H16ClFN2O5. The summed E-state index contributed by atoms with van der Waals surface area (Å²) in [4.78, 5) is 25.2. The van der Waals surface area contributed by atoms with Gasteiger partial charge in [-0.3, -0.25) is 9.59 Å². The molecule has 2 N–H and O–H groups in total. The number of fused-ring (bicyclic) bond motifs is 1. The number of nitrogens with one attached hydrogen (secondary N) is 2. The minimum Gasteiger partial charge on any atom is -0.495 e. The number of carbonyl (C=O) groups excluding carboxylic acids is 2. The van der Waals surface area contributed by atoms with Crippen LogP contribution >= 0.6 is 11.6 Å². The molecule has 0 aliphatic carbocycles. The van der Waals surface area contributed by atoms with Gasteiger partial charge in [-0.25, -0.2) is 4.39 Å². The van der Waals surface area contributed by atoms with Gasteiger partial charge in [0, 0.05) is 16.8 Å². The molecule has 0 radical (unpaired) electrons. The number of benzene rings is 3. The normalized spacial score (nSPS) is 11.7. The zero-order chi connectivity index (χ0) is 22.0. The molecule has 0 fully saturated rings. The quantitative estimate of drug-likeness (QED) is 0.597. The molecule has 3 aromatic rings. The van der Waals surface area contributed by atoms with Gasteiger partial charge in [0.15, 0.2) is 11.5 Å². The van der Waals surface area contributed by atoms with Gasteiger partial charge in [-0.1, -0.05) is 17.7 Å². The van der Waals surface area contributed by atoms with Crippen molar-refractivity contribution in [2.75, 3.05) is 24.5 Å². The second kappa shape index (κ2) is 8.53. The molecule has 3 aromatic carbocycles. The molecule has 7 nitrogen and oxygen atoms in total. The zero-order valence-electron chi connectivity index (χ0n) is 16.2. The molecule has 1 heterocycles. The van der Waals surface area contributed by atoms with Crippen LogP contribution in [0.1, 0.15) is 20.7 Å². The molecule has 0 unspecified atom stereocenters. The van der Waals surface area contributed by atoms with E-state index in [9.17, 15) is 14.0 Å². The van der Waals surface area contributed by atoms with Crippen LogP contribution in [0, 0.1) is 5.82 Å². The number of hydrogen-bond donors (Lipinski definition) is 2. The lowest BCUT2D eigenvalue weighted by Crippen LogP contribution is -2.15. The molecule has 2 amide bonds. The summed E-state index contributed by atoms with van der Waals surface area (Å²) in [5, 5.41) is 5.65. The summed E-state index contributed by atoms with van der Waals surface area (Å²) in [6.45, 7) is 0.0347. The van der Waals surface area contributed by atoms with Gasteiger partial charge in [-0.15, -0.1) is 0 Å². The fourth-order valence-corrected chi connectivity index (χ4v) is 3.27. The van der Waals surface area contributed by atoms with Crippen molar-refractivity contribution in [2.45, 2.75) is 0 Å². The highest BCUT2D eigenvalue weighted by molar-refractivity contribution is 6.33. The van der Waals surface area contributed by atoms with Crippen LogP contribution in [0.5, 0.6) is 17.2 Å². The molecule has 0 saturated heterocycles. The van der Waals surface area contributed by atoms with E-state index in [4.69, 9.17) is 25.8 Å². The van der Waals surface area contributed by atoms with Crippen molar-refractivity contribution in [1.29, 1.82) is 0 Å². The Labute approximate surface area is 181 Å². The third kappa shape index (κ3) is 4.39. The predicted octanol–water partition coefficient (Wildman–Crippen LogP) is 4.72. The van der Waals surface area contributed by atoms with Crippen LogP contribution in [0.3, 0.4) is 0 Å². The molecule has 0 atom stereocenters. The number of hydrogen-bond acceptors (Lipinski definition) is 5. The molecule has 158 valence electrons. The van der Waals surface area contributed by atoms with E-state index in [1.165, 1.54) is 43.5 Å². The van der Waals surface area contributed by atoms with Crippen molar-refractivity contribution < 1.29 is 28.2 Å². The van der Waals surface area contributed by atoms with E-state index >= 15 is 0 Å². The van der Waals surface area contributed by atoms with Crippen molar-refractivity contribution >= 4 is 34.8 Å². The van der Waals surface area contributed by atoms with Crippen LogP contribution < -0.4 is 24.8 Å². The molecule has 1 aliphatic rings. The largest absolute Gasteiger partial charge is 0.495 e. The lowest BCUT2D eigenvalue weighted by molar-refractivity contribution is 0.101. The average Bonchev–Trinajstić information content (AvgIpc) is 3.23. The van der Waals surface area contributed by atoms with E-state index in [2.05, 4.69) is 10.6 Å². The number of carbonyl (C=O) groups is 2. The molecule has 0 spiro atoms. The maximum atomic E-state index is 13.4. The molecule has 31 heavy (non-hydrogen) atoms. The van der Waals surface area contributed by atoms with E-state index in [-0.39, 0.29) is 22.9 Å². The lowest BCUT2D eigenvalue weighted by Gasteiger charge is -2.13. The third-order valence-electron chi connectivity index (χ3n) is 4.48. The highest BCUT2D eigenvalue weighted by Crippen LogP contribution is 2.40. The van der Waals surface area contributed by atoms with E-state index in [1.54, 1.807) is 12.1 Å². The summed E-state index contributed by atoms with van der Waals surface area (Å²) in [6.07, 6.45) is 0. The van der Waals surface area contributed by atoms with Crippen LogP contribution in [-0.4, -0.2) is 25.7 Å².